The van der Waals surface area contributed by atoms with Gasteiger partial charge in [-0.3, -0.25) is 4.79 Å². The second-order valence-corrected chi connectivity index (χ2v) is 5.04. The van der Waals surface area contributed by atoms with Crippen molar-refractivity contribution in [1.82, 2.24) is 4.90 Å². The van der Waals surface area contributed by atoms with Gasteiger partial charge in [0.15, 0.2) is 0 Å². The summed E-state index contributed by atoms with van der Waals surface area (Å²) in [6.45, 7) is 3.36. The van der Waals surface area contributed by atoms with Gasteiger partial charge in [0.1, 0.15) is 0 Å². The Bertz CT molecular complexity index is 433. The van der Waals surface area contributed by atoms with E-state index in [-0.39, 0.29) is 11.9 Å². The summed E-state index contributed by atoms with van der Waals surface area (Å²) in [5.74, 6) is -0.00912. The lowest BCUT2D eigenvalue weighted by atomic mass is 10.0. The van der Waals surface area contributed by atoms with Crippen molar-refractivity contribution < 1.29 is 4.79 Å². The molecule has 0 aromatic heterocycles. The number of nitrogens with two attached hydrogens (primary N) is 1. The zero-order chi connectivity index (χ0) is 12.4. The fourth-order valence-electron chi connectivity index (χ4n) is 2.16. The third-order valence-corrected chi connectivity index (χ3v) is 3.41. The maximum Gasteiger partial charge on any atom is 0.255 e. The van der Waals surface area contributed by atoms with Crippen LogP contribution in [0.15, 0.2) is 18.2 Å². The van der Waals surface area contributed by atoms with Crippen molar-refractivity contribution in [2.75, 3.05) is 13.1 Å². The predicted molar refractivity (Wildman–Crippen MR) is 69.3 cm³/mol. The zero-order valence-electron chi connectivity index (χ0n) is 9.95. The normalized spacial score (nSPS) is 20.4. The molecule has 0 aliphatic carbocycles. The van der Waals surface area contributed by atoms with Crippen LogP contribution in [-0.2, 0) is 0 Å². The summed E-state index contributed by atoms with van der Waals surface area (Å²) in [5, 5.41) is 0.522. The van der Waals surface area contributed by atoms with Crippen LogP contribution in [-0.4, -0.2) is 29.9 Å². The van der Waals surface area contributed by atoms with E-state index < -0.39 is 0 Å². The molecular weight excluding hydrogens is 236 g/mol. The molecule has 1 aromatic carbocycles. The van der Waals surface area contributed by atoms with E-state index in [9.17, 15) is 4.79 Å². The molecule has 1 fully saturated rings. The highest BCUT2D eigenvalue weighted by molar-refractivity contribution is 6.33. The molecule has 2 rings (SSSR count). The fourth-order valence-corrected chi connectivity index (χ4v) is 2.47. The molecule has 2 N–H and O–H groups in total. The van der Waals surface area contributed by atoms with Crippen molar-refractivity contribution in [1.29, 1.82) is 0 Å². The number of nitrogens with zero attached hydrogens (tertiary/aromatic N) is 1. The van der Waals surface area contributed by atoms with Crippen molar-refractivity contribution in [3.63, 3.8) is 0 Å². The number of amides is 1. The molecule has 1 heterocycles. The number of aryl methyl sites for hydroxylation is 1. The van der Waals surface area contributed by atoms with E-state index in [0.29, 0.717) is 17.1 Å². The standard InChI is InChI=1S/C13H17ClN2O/c1-9-4-5-11(12(14)7-9)13(17)16-6-2-3-10(15)8-16/h4-5,7,10H,2-3,6,8,15H2,1H3. The average molecular weight is 253 g/mol. The van der Waals surface area contributed by atoms with E-state index in [1.807, 2.05) is 19.1 Å². The van der Waals surface area contributed by atoms with Crippen molar-refractivity contribution in [2.45, 2.75) is 25.8 Å². The van der Waals surface area contributed by atoms with Gasteiger partial charge in [-0.1, -0.05) is 17.7 Å². The van der Waals surface area contributed by atoms with Crippen molar-refractivity contribution in [3.8, 4) is 0 Å². The van der Waals surface area contributed by atoms with Gasteiger partial charge in [-0.05, 0) is 37.5 Å². The molecule has 17 heavy (non-hydrogen) atoms. The van der Waals surface area contributed by atoms with Crippen LogP contribution in [0.5, 0.6) is 0 Å². The molecule has 3 nitrogen and oxygen atoms in total. The number of benzene rings is 1. The minimum absolute atomic E-state index is 0.00912. The number of halogens is 1. The first-order valence-electron chi connectivity index (χ1n) is 5.89. The highest BCUT2D eigenvalue weighted by atomic mass is 35.5. The number of rotatable bonds is 1. The SMILES string of the molecule is Cc1ccc(C(=O)N2CCCC(N)C2)c(Cl)c1. The zero-order valence-corrected chi connectivity index (χ0v) is 10.7. The summed E-state index contributed by atoms with van der Waals surface area (Å²) in [6, 6.07) is 5.61. The van der Waals surface area contributed by atoms with Gasteiger partial charge in [0.25, 0.3) is 5.91 Å². The average Bonchev–Trinajstić information content (AvgIpc) is 2.28. The third kappa shape index (κ3) is 2.79. The number of hydrogen-bond donors (Lipinski definition) is 1. The van der Waals surface area contributed by atoms with Crippen molar-refractivity contribution >= 4 is 17.5 Å². The number of carbonyl (C=O) groups excluding carboxylic acids is 1. The van der Waals surface area contributed by atoms with E-state index in [1.165, 1.54) is 0 Å². The molecule has 1 atom stereocenters. The maximum absolute atomic E-state index is 12.3. The molecule has 1 aliphatic rings. The summed E-state index contributed by atoms with van der Waals surface area (Å²) in [6.07, 6.45) is 1.96. The largest absolute Gasteiger partial charge is 0.337 e. The van der Waals surface area contributed by atoms with E-state index in [1.54, 1.807) is 11.0 Å². The smallest absolute Gasteiger partial charge is 0.255 e. The lowest BCUT2D eigenvalue weighted by Gasteiger charge is -2.31. The molecule has 1 unspecified atom stereocenters. The maximum atomic E-state index is 12.3. The topological polar surface area (TPSA) is 46.3 Å². The Morgan fingerprint density at radius 1 is 1.53 bits per heavy atom. The van der Waals surface area contributed by atoms with Crippen molar-refractivity contribution in [2.24, 2.45) is 5.73 Å². The van der Waals surface area contributed by atoms with Crippen LogP contribution in [0.2, 0.25) is 5.02 Å². The lowest BCUT2D eigenvalue weighted by molar-refractivity contribution is 0.0709. The van der Waals surface area contributed by atoms with E-state index in [0.717, 1.165) is 24.9 Å². The minimum Gasteiger partial charge on any atom is -0.337 e. The molecule has 1 aromatic rings. The number of piperidine rings is 1. The van der Waals surface area contributed by atoms with Gasteiger partial charge in [-0.2, -0.15) is 0 Å². The second kappa shape index (κ2) is 5.07. The Kier molecular flexibility index (Phi) is 3.69. The van der Waals surface area contributed by atoms with Gasteiger partial charge >= 0.3 is 0 Å². The van der Waals surface area contributed by atoms with E-state index in [4.69, 9.17) is 17.3 Å². The van der Waals surface area contributed by atoms with Gasteiger partial charge < -0.3 is 10.6 Å². The number of carbonyl (C=O) groups is 1. The molecule has 92 valence electrons. The van der Waals surface area contributed by atoms with Crippen molar-refractivity contribution in [3.05, 3.63) is 34.3 Å². The molecule has 1 amide bonds. The Morgan fingerprint density at radius 3 is 2.94 bits per heavy atom. The van der Waals surface area contributed by atoms with E-state index >= 15 is 0 Å². The molecular formula is C13H17ClN2O. The Hall–Kier alpha value is -1.06. The minimum atomic E-state index is -0.00912. The van der Waals surface area contributed by atoms with Crippen LogP contribution < -0.4 is 5.73 Å². The third-order valence-electron chi connectivity index (χ3n) is 3.10. The summed E-state index contributed by atoms with van der Waals surface area (Å²) in [5.41, 5.74) is 7.51. The van der Waals surface area contributed by atoms with Gasteiger partial charge in [-0.15, -0.1) is 0 Å². The van der Waals surface area contributed by atoms with Gasteiger partial charge in [-0.25, -0.2) is 0 Å². The highest BCUT2D eigenvalue weighted by Crippen LogP contribution is 2.21. The van der Waals surface area contributed by atoms with Crippen LogP contribution >= 0.6 is 11.6 Å². The first kappa shape index (κ1) is 12.4. The lowest BCUT2D eigenvalue weighted by Crippen LogP contribution is -2.45. The monoisotopic (exact) mass is 252 g/mol. The summed E-state index contributed by atoms with van der Waals surface area (Å²) in [7, 11) is 0. The second-order valence-electron chi connectivity index (χ2n) is 4.64. The van der Waals surface area contributed by atoms with Crippen LogP contribution in [0.1, 0.15) is 28.8 Å². The summed E-state index contributed by atoms with van der Waals surface area (Å²) >= 11 is 6.10. The predicted octanol–water partition coefficient (Wildman–Crippen LogP) is 2.21. The molecule has 0 bridgehead atoms. The number of hydrogen-bond acceptors (Lipinski definition) is 2. The molecule has 0 radical (unpaired) electrons. The molecule has 4 heteroatoms. The molecule has 0 saturated carbocycles. The quantitative estimate of drug-likeness (QED) is 0.833. The summed E-state index contributed by atoms with van der Waals surface area (Å²) in [4.78, 5) is 14.1. The molecule has 1 aliphatic heterocycles. The first-order chi connectivity index (χ1) is 8.08. The van der Waals surface area contributed by atoms with E-state index in [2.05, 4.69) is 0 Å². The highest BCUT2D eigenvalue weighted by Gasteiger charge is 2.23. The van der Waals surface area contributed by atoms with Gasteiger partial charge in [0.2, 0.25) is 0 Å². The summed E-state index contributed by atoms with van der Waals surface area (Å²) < 4.78 is 0. The Morgan fingerprint density at radius 2 is 2.29 bits per heavy atom. The first-order valence-corrected chi connectivity index (χ1v) is 6.26. The van der Waals surface area contributed by atoms with Crippen LogP contribution in [0.3, 0.4) is 0 Å². The van der Waals surface area contributed by atoms with Gasteiger partial charge in [0.05, 0.1) is 10.6 Å². The van der Waals surface area contributed by atoms with Crippen LogP contribution in [0, 0.1) is 6.92 Å². The van der Waals surface area contributed by atoms with Crippen LogP contribution in [0.4, 0.5) is 0 Å². The Labute approximate surface area is 107 Å². The fraction of sp³-hybridized carbons (Fsp3) is 0.462. The molecule has 0 spiro atoms. The molecule has 1 saturated heterocycles. The Balaban J connectivity index is 2.18. The number of likely N-dealkylation sites (tertiary alicyclic amines) is 1. The van der Waals surface area contributed by atoms with Crippen LogP contribution in [0.25, 0.3) is 0 Å². The van der Waals surface area contributed by atoms with Gasteiger partial charge in [0, 0.05) is 19.1 Å².